The molecule has 3 aromatic rings. The van der Waals surface area contributed by atoms with Gasteiger partial charge in [0.25, 0.3) is 12.3 Å². The number of carbonyl (C=O) groups is 2. The van der Waals surface area contributed by atoms with Crippen molar-refractivity contribution < 1.29 is 40.7 Å². The number of benzene rings is 1. The average Bonchev–Trinajstić information content (AvgIpc) is 3.41. The number of ether oxygens (including phenoxy) is 1. The number of carbonyl (C=O) groups excluding carboxylic acids is 2. The first kappa shape index (κ1) is 37.9. The maximum Gasteiger partial charge on any atom is 0.391 e. The average molecular weight is 753 g/mol. The Hall–Kier alpha value is -3.34. The number of hydrogen-bond donors (Lipinski definition) is 4. The number of alkyl halides is 6. The van der Waals surface area contributed by atoms with Gasteiger partial charge < -0.3 is 26.0 Å². The SMILES string of the molecule is CC(C)(C)C(=O)NCc1ccc(Cl)c(Nc2nc3cc(C(=O)NC4CCC(C(F)(F)F)CC4)c(C4CNCCO4)nc3n2C(F)C(F)F)c1Cl. The number of halogens is 8. The molecular formula is C32H37Cl2F6N7O3. The lowest BCUT2D eigenvalue weighted by molar-refractivity contribution is -0.182. The summed E-state index contributed by atoms with van der Waals surface area (Å²) in [6.45, 7) is 6.09. The van der Waals surface area contributed by atoms with Gasteiger partial charge in [-0.15, -0.1) is 0 Å². The first-order valence-corrected chi connectivity index (χ1v) is 16.8. The van der Waals surface area contributed by atoms with Crippen molar-refractivity contribution >= 4 is 57.8 Å². The fourth-order valence-corrected chi connectivity index (χ4v) is 6.40. The standard InChI is InChI=1S/C32H37Cl2F6N7O3/c1-31(2,3)29(49)42-13-15-4-9-19(33)24(22(15)34)46-30-44-20-12-18(28(48)43-17-7-5-16(6-8-17)32(38,39)40)23(21-14-41-10-11-50-21)45-27(20)47(30)26(37)25(35)36/h4,9,12,16-17,21,25-26,41H,5-8,10-11,13-14H2,1-3H3,(H,42,49)(H,43,48)(H,44,46). The van der Waals surface area contributed by atoms with Crippen LogP contribution < -0.4 is 21.3 Å². The molecule has 2 aliphatic rings. The van der Waals surface area contributed by atoms with Crippen LogP contribution in [0.25, 0.3) is 11.2 Å². The Labute approximate surface area is 294 Å². The van der Waals surface area contributed by atoms with Gasteiger partial charge in [0.15, 0.2) is 5.65 Å². The van der Waals surface area contributed by atoms with E-state index in [0.29, 0.717) is 16.7 Å². The molecule has 50 heavy (non-hydrogen) atoms. The van der Waals surface area contributed by atoms with Crippen LogP contribution in [0.1, 0.15) is 80.5 Å². The molecule has 274 valence electrons. The van der Waals surface area contributed by atoms with Crippen molar-refractivity contribution in [2.45, 2.75) is 84.0 Å². The van der Waals surface area contributed by atoms with Gasteiger partial charge in [-0.2, -0.15) is 13.2 Å². The number of nitrogens with one attached hydrogen (secondary N) is 4. The highest BCUT2D eigenvalue weighted by Gasteiger charge is 2.42. The quantitative estimate of drug-likeness (QED) is 0.168. The van der Waals surface area contributed by atoms with Gasteiger partial charge in [-0.25, -0.2) is 23.1 Å². The van der Waals surface area contributed by atoms with Crippen molar-refractivity contribution in [1.82, 2.24) is 30.5 Å². The first-order valence-electron chi connectivity index (χ1n) is 16.0. The fraction of sp³-hybridized carbons (Fsp3) is 0.562. The zero-order chi connectivity index (χ0) is 36.5. The molecule has 3 heterocycles. The van der Waals surface area contributed by atoms with E-state index in [1.165, 1.54) is 12.1 Å². The van der Waals surface area contributed by atoms with Crippen LogP contribution in [-0.2, 0) is 16.1 Å². The molecule has 1 saturated carbocycles. The molecule has 2 amide bonds. The number of nitrogens with zero attached hydrogens (tertiary/aromatic N) is 3. The molecule has 18 heteroatoms. The number of rotatable bonds is 9. The number of fused-ring (bicyclic) bond motifs is 1. The first-order chi connectivity index (χ1) is 23.5. The molecule has 2 unspecified atom stereocenters. The topological polar surface area (TPSA) is 122 Å². The van der Waals surface area contributed by atoms with E-state index in [1.54, 1.807) is 26.8 Å². The summed E-state index contributed by atoms with van der Waals surface area (Å²) in [5, 5.41) is 11.4. The third-order valence-electron chi connectivity index (χ3n) is 8.68. The Morgan fingerprint density at radius 3 is 2.38 bits per heavy atom. The van der Waals surface area contributed by atoms with Crippen molar-refractivity contribution in [3.8, 4) is 0 Å². The van der Waals surface area contributed by atoms with E-state index in [-0.39, 0.29) is 89.4 Å². The van der Waals surface area contributed by atoms with Crippen molar-refractivity contribution in [2.75, 3.05) is 25.0 Å². The predicted molar refractivity (Wildman–Crippen MR) is 176 cm³/mol. The van der Waals surface area contributed by atoms with Crippen molar-refractivity contribution in [1.29, 1.82) is 0 Å². The minimum absolute atomic E-state index is 0.00333. The maximum absolute atomic E-state index is 15.4. The molecule has 2 aromatic heterocycles. The zero-order valence-corrected chi connectivity index (χ0v) is 28.9. The smallest absolute Gasteiger partial charge is 0.369 e. The van der Waals surface area contributed by atoms with Gasteiger partial charge in [0, 0.05) is 31.1 Å². The molecule has 4 N–H and O–H groups in total. The summed E-state index contributed by atoms with van der Waals surface area (Å²) in [5.74, 6) is -2.85. The van der Waals surface area contributed by atoms with Crippen molar-refractivity contribution in [3.05, 3.63) is 45.1 Å². The van der Waals surface area contributed by atoms with E-state index in [4.69, 9.17) is 27.9 Å². The van der Waals surface area contributed by atoms with Gasteiger partial charge in [-0.3, -0.25) is 14.2 Å². The number of imidazole rings is 1. The lowest BCUT2D eigenvalue weighted by Crippen LogP contribution is -2.41. The molecule has 0 bridgehead atoms. The number of pyridine rings is 1. The summed E-state index contributed by atoms with van der Waals surface area (Å²) in [7, 11) is 0. The Balaban J connectivity index is 1.53. The third-order valence-corrected chi connectivity index (χ3v) is 9.43. The molecule has 1 aliphatic heterocycles. The number of hydrogen-bond acceptors (Lipinski definition) is 7. The third kappa shape index (κ3) is 8.40. The molecule has 1 aliphatic carbocycles. The Bertz CT molecular complexity index is 1720. The fourth-order valence-electron chi connectivity index (χ4n) is 5.86. The van der Waals surface area contributed by atoms with Crippen LogP contribution in [-0.4, -0.2) is 64.7 Å². The van der Waals surface area contributed by atoms with E-state index < -0.39 is 54.2 Å². The van der Waals surface area contributed by atoms with Gasteiger partial charge in [-0.05, 0) is 43.4 Å². The monoisotopic (exact) mass is 751 g/mol. The molecular weight excluding hydrogens is 715 g/mol. The van der Waals surface area contributed by atoms with Crippen LogP contribution in [0.15, 0.2) is 18.2 Å². The molecule has 10 nitrogen and oxygen atoms in total. The minimum Gasteiger partial charge on any atom is -0.369 e. The number of aromatic nitrogens is 3. The van der Waals surface area contributed by atoms with E-state index in [1.807, 2.05) is 0 Å². The summed E-state index contributed by atoms with van der Waals surface area (Å²) in [6.07, 6.45) is -11.7. The Morgan fingerprint density at radius 1 is 1.08 bits per heavy atom. The van der Waals surface area contributed by atoms with Gasteiger partial charge >= 0.3 is 6.18 Å². The second kappa shape index (κ2) is 15.1. The van der Waals surface area contributed by atoms with Gasteiger partial charge in [-0.1, -0.05) is 50.0 Å². The molecule has 0 radical (unpaired) electrons. The molecule has 1 saturated heterocycles. The molecule has 2 atom stereocenters. The predicted octanol–water partition coefficient (Wildman–Crippen LogP) is 7.39. The molecule has 2 fully saturated rings. The largest absolute Gasteiger partial charge is 0.391 e. The van der Waals surface area contributed by atoms with Gasteiger partial charge in [0.2, 0.25) is 18.2 Å². The van der Waals surface area contributed by atoms with E-state index in [9.17, 15) is 31.5 Å². The van der Waals surface area contributed by atoms with Gasteiger partial charge in [0.1, 0.15) is 11.6 Å². The second-order valence-electron chi connectivity index (χ2n) is 13.4. The highest BCUT2D eigenvalue weighted by atomic mass is 35.5. The summed E-state index contributed by atoms with van der Waals surface area (Å²) in [4.78, 5) is 34.9. The summed E-state index contributed by atoms with van der Waals surface area (Å²) >= 11 is 13.1. The Morgan fingerprint density at radius 2 is 1.78 bits per heavy atom. The van der Waals surface area contributed by atoms with E-state index in [2.05, 4.69) is 31.2 Å². The zero-order valence-electron chi connectivity index (χ0n) is 27.4. The number of morpholine rings is 1. The highest BCUT2D eigenvalue weighted by Crippen LogP contribution is 2.40. The molecule has 0 spiro atoms. The number of anilines is 2. The number of amides is 2. The van der Waals surface area contributed by atoms with Crippen LogP contribution in [0.4, 0.5) is 38.0 Å². The molecule has 1 aromatic carbocycles. The Kier molecular flexibility index (Phi) is 11.4. The van der Waals surface area contributed by atoms with E-state index in [0.717, 1.165) is 0 Å². The molecule has 5 rings (SSSR count). The normalized spacial score (nSPS) is 20.9. The van der Waals surface area contributed by atoms with Crippen molar-refractivity contribution in [3.63, 3.8) is 0 Å². The lowest BCUT2D eigenvalue weighted by Gasteiger charge is -2.30. The summed E-state index contributed by atoms with van der Waals surface area (Å²) in [5.41, 5.74) is -0.823. The van der Waals surface area contributed by atoms with Gasteiger partial charge in [0.05, 0.1) is 39.5 Å². The van der Waals surface area contributed by atoms with Crippen LogP contribution >= 0.6 is 23.2 Å². The van der Waals surface area contributed by atoms with E-state index >= 15 is 4.39 Å². The lowest BCUT2D eigenvalue weighted by atomic mass is 9.85. The summed E-state index contributed by atoms with van der Waals surface area (Å²) in [6, 6.07) is 3.72. The van der Waals surface area contributed by atoms with Crippen molar-refractivity contribution in [2.24, 2.45) is 11.3 Å². The summed E-state index contributed by atoms with van der Waals surface area (Å²) < 4.78 is 89.4. The second-order valence-corrected chi connectivity index (χ2v) is 14.1. The maximum atomic E-state index is 15.4. The van der Waals surface area contributed by atoms with Crippen LogP contribution in [0.5, 0.6) is 0 Å². The highest BCUT2D eigenvalue weighted by molar-refractivity contribution is 6.39. The minimum atomic E-state index is -4.32. The van der Waals surface area contributed by atoms with Crippen LogP contribution in [0.2, 0.25) is 10.0 Å². The van der Waals surface area contributed by atoms with Crippen LogP contribution in [0, 0.1) is 11.3 Å². The van der Waals surface area contributed by atoms with Crippen LogP contribution in [0.3, 0.4) is 0 Å².